The van der Waals surface area contributed by atoms with E-state index in [1.165, 1.54) is 18.2 Å². The van der Waals surface area contributed by atoms with Crippen LogP contribution in [-0.2, 0) is 6.54 Å². The molecule has 2 nitrogen and oxygen atoms in total. The average Bonchev–Trinajstić information content (AvgIpc) is 2.87. The summed E-state index contributed by atoms with van der Waals surface area (Å²) >= 11 is 7.40. The minimum Gasteiger partial charge on any atom is -0.293 e. The summed E-state index contributed by atoms with van der Waals surface area (Å²) in [7, 11) is 0. The summed E-state index contributed by atoms with van der Waals surface area (Å²) in [4.78, 5) is 1.10. The highest BCUT2D eigenvalue weighted by Crippen LogP contribution is 2.21. The summed E-state index contributed by atoms with van der Waals surface area (Å²) in [5.41, 5.74) is 0.279. The van der Waals surface area contributed by atoms with E-state index in [1.54, 1.807) is 11.3 Å². The van der Waals surface area contributed by atoms with Crippen LogP contribution in [0.1, 0.15) is 16.5 Å². The van der Waals surface area contributed by atoms with Crippen molar-refractivity contribution in [2.24, 2.45) is 0 Å². The van der Waals surface area contributed by atoms with E-state index in [-0.39, 0.29) is 5.56 Å². The first-order chi connectivity index (χ1) is 8.70. The van der Waals surface area contributed by atoms with Gasteiger partial charge in [0.25, 0.3) is 0 Å². The van der Waals surface area contributed by atoms with Crippen molar-refractivity contribution < 1.29 is 4.39 Å². The third kappa shape index (κ3) is 3.08. The van der Waals surface area contributed by atoms with Crippen LogP contribution in [0, 0.1) is 17.1 Å². The Morgan fingerprint density at radius 2 is 2.28 bits per heavy atom. The molecule has 92 valence electrons. The van der Waals surface area contributed by atoms with Gasteiger partial charge in [0, 0.05) is 22.0 Å². The quantitative estimate of drug-likeness (QED) is 0.922. The molecule has 0 saturated carbocycles. The topological polar surface area (TPSA) is 35.8 Å². The number of nitrogens with one attached hydrogen (secondary N) is 1. The van der Waals surface area contributed by atoms with Crippen molar-refractivity contribution in [3.63, 3.8) is 0 Å². The number of rotatable bonds is 4. The zero-order valence-electron chi connectivity index (χ0n) is 9.36. The van der Waals surface area contributed by atoms with Crippen LogP contribution in [0.3, 0.4) is 0 Å². The maximum Gasteiger partial charge on any atom is 0.129 e. The van der Waals surface area contributed by atoms with Crippen molar-refractivity contribution in [2.45, 2.75) is 12.6 Å². The molecule has 2 rings (SSSR count). The Bertz CT molecular complexity index is 563. The zero-order valence-corrected chi connectivity index (χ0v) is 10.9. The molecule has 0 aliphatic rings. The molecule has 18 heavy (non-hydrogen) atoms. The molecule has 0 fully saturated rings. The molecule has 0 saturated heterocycles. The van der Waals surface area contributed by atoms with Crippen molar-refractivity contribution in [3.05, 3.63) is 57.0 Å². The van der Waals surface area contributed by atoms with Gasteiger partial charge in [0.05, 0.1) is 6.07 Å². The van der Waals surface area contributed by atoms with Crippen molar-refractivity contribution in [1.29, 1.82) is 5.26 Å². The lowest BCUT2D eigenvalue weighted by molar-refractivity contribution is 0.563. The van der Waals surface area contributed by atoms with Crippen molar-refractivity contribution >= 4 is 22.9 Å². The van der Waals surface area contributed by atoms with Crippen LogP contribution in [0.25, 0.3) is 0 Å². The van der Waals surface area contributed by atoms with E-state index in [0.29, 0.717) is 11.6 Å². The molecule has 0 spiro atoms. The van der Waals surface area contributed by atoms with Crippen molar-refractivity contribution in [1.82, 2.24) is 5.32 Å². The SMILES string of the molecule is N#CC(NCc1cccs1)c1cc(Cl)ccc1F. The first kappa shape index (κ1) is 13.0. The second-order valence-corrected chi connectivity index (χ2v) is 5.16. The fourth-order valence-corrected chi connectivity index (χ4v) is 2.41. The molecule has 0 bridgehead atoms. The lowest BCUT2D eigenvalue weighted by Crippen LogP contribution is -2.20. The summed E-state index contributed by atoms with van der Waals surface area (Å²) < 4.78 is 13.6. The molecule has 1 aromatic carbocycles. The molecular weight excluding hydrogens is 271 g/mol. The number of nitrogens with zero attached hydrogens (tertiary/aromatic N) is 1. The van der Waals surface area contributed by atoms with Crippen LogP contribution in [0.5, 0.6) is 0 Å². The van der Waals surface area contributed by atoms with E-state index in [9.17, 15) is 4.39 Å². The first-order valence-electron chi connectivity index (χ1n) is 5.31. The maximum absolute atomic E-state index is 13.6. The standard InChI is InChI=1S/C13H10ClFN2S/c14-9-3-4-12(15)11(6-9)13(7-16)17-8-10-2-1-5-18-10/h1-6,13,17H,8H2. The number of halogens is 2. The number of hydrogen-bond acceptors (Lipinski definition) is 3. The minimum atomic E-state index is -0.703. The fourth-order valence-electron chi connectivity index (χ4n) is 1.58. The van der Waals surface area contributed by atoms with Crippen LogP contribution >= 0.6 is 22.9 Å². The van der Waals surface area contributed by atoms with E-state index in [0.717, 1.165) is 4.88 Å². The Morgan fingerprint density at radius 1 is 1.44 bits per heavy atom. The molecule has 1 N–H and O–H groups in total. The van der Waals surface area contributed by atoms with E-state index in [4.69, 9.17) is 16.9 Å². The van der Waals surface area contributed by atoms with Gasteiger partial charge in [0.2, 0.25) is 0 Å². The monoisotopic (exact) mass is 280 g/mol. The normalized spacial score (nSPS) is 12.1. The highest BCUT2D eigenvalue weighted by atomic mass is 35.5. The van der Waals surface area contributed by atoms with E-state index >= 15 is 0 Å². The molecule has 5 heteroatoms. The van der Waals surface area contributed by atoms with Gasteiger partial charge in [0.15, 0.2) is 0 Å². The molecule has 0 aliphatic carbocycles. The third-order valence-corrected chi connectivity index (χ3v) is 3.57. The van der Waals surface area contributed by atoms with Crippen LogP contribution in [0.4, 0.5) is 4.39 Å². The summed E-state index contributed by atoms with van der Waals surface area (Å²) in [6.07, 6.45) is 0. The lowest BCUT2D eigenvalue weighted by atomic mass is 10.1. The van der Waals surface area contributed by atoms with Crippen molar-refractivity contribution in [2.75, 3.05) is 0 Å². The molecule has 0 radical (unpaired) electrons. The molecule has 1 heterocycles. The van der Waals surface area contributed by atoms with E-state index in [2.05, 4.69) is 5.32 Å². The number of nitriles is 1. The van der Waals surface area contributed by atoms with Crippen LogP contribution in [0.2, 0.25) is 5.02 Å². The van der Waals surface area contributed by atoms with Gasteiger partial charge >= 0.3 is 0 Å². The smallest absolute Gasteiger partial charge is 0.129 e. The number of benzene rings is 1. The zero-order chi connectivity index (χ0) is 13.0. The second-order valence-electron chi connectivity index (χ2n) is 3.69. The van der Waals surface area contributed by atoms with Gasteiger partial charge in [0.1, 0.15) is 11.9 Å². The van der Waals surface area contributed by atoms with Crippen LogP contribution < -0.4 is 5.32 Å². The average molecular weight is 281 g/mol. The molecular formula is C13H10ClFN2S. The Kier molecular flexibility index (Phi) is 4.32. The van der Waals surface area contributed by atoms with Crippen LogP contribution in [-0.4, -0.2) is 0 Å². The van der Waals surface area contributed by atoms with Crippen molar-refractivity contribution in [3.8, 4) is 6.07 Å². The Morgan fingerprint density at radius 3 is 2.94 bits per heavy atom. The first-order valence-corrected chi connectivity index (χ1v) is 6.57. The molecule has 1 atom stereocenters. The predicted molar refractivity (Wildman–Crippen MR) is 70.9 cm³/mol. The molecule has 0 aliphatic heterocycles. The summed E-state index contributed by atoms with van der Waals surface area (Å²) in [5.74, 6) is -0.426. The molecule has 2 aromatic rings. The Hall–Kier alpha value is -1.41. The predicted octanol–water partition coefficient (Wildman–Crippen LogP) is 3.90. The highest BCUT2D eigenvalue weighted by molar-refractivity contribution is 7.09. The summed E-state index contributed by atoms with van der Waals surface area (Å²) in [6.45, 7) is 0.530. The minimum absolute atomic E-state index is 0.279. The van der Waals surface area contributed by atoms with Gasteiger partial charge in [-0.15, -0.1) is 11.3 Å². The van der Waals surface area contributed by atoms with Gasteiger partial charge < -0.3 is 0 Å². The largest absolute Gasteiger partial charge is 0.293 e. The highest BCUT2D eigenvalue weighted by Gasteiger charge is 2.15. The Labute approximate surface area is 114 Å². The number of hydrogen-bond donors (Lipinski definition) is 1. The van der Waals surface area contributed by atoms with Gasteiger partial charge in [-0.3, -0.25) is 5.32 Å². The Balaban J connectivity index is 2.13. The molecule has 1 unspecified atom stereocenters. The van der Waals surface area contributed by atoms with E-state index in [1.807, 2.05) is 23.6 Å². The maximum atomic E-state index is 13.6. The van der Waals surface area contributed by atoms with Gasteiger partial charge in [-0.05, 0) is 29.6 Å². The molecule has 1 aromatic heterocycles. The molecule has 0 amide bonds. The van der Waals surface area contributed by atoms with Gasteiger partial charge in [-0.2, -0.15) is 5.26 Å². The summed E-state index contributed by atoms with van der Waals surface area (Å²) in [6, 6.07) is 9.45. The second kappa shape index (κ2) is 5.96. The lowest BCUT2D eigenvalue weighted by Gasteiger charge is -2.12. The fraction of sp³-hybridized carbons (Fsp3) is 0.154. The van der Waals surface area contributed by atoms with E-state index < -0.39 is 11.9 Å². The van der Waals surface area contributed by atoms with Crippen LogP contribution in [0.15, 0.2) is 35.7 Å². The number of thiophene rings is 1. The van der Waals surface area contributed by atoms with Gasteiger partial charge in [-0.1, -0.05) is 17.7 Å². The van der Waals surface area contributed by atoms with Gasteiger partial charge in [-0.25, -0.2) is 4.39 Å². The summed E-state index contributed by atoms with van der Waals surface area (Å²) in [5, 5.41) is 14.5. The third-order valence-electron chi connectivity index (χ3n) is 2.46.